The second kappa shape index (κ2) is 5.78. The maximum atomic E-state index is 10.8. The summed E-state index contributed by atoms with van der Waals surface area (Å²) >= 11 is 0. The van der Waals surface area contributed by atoms with Crippen LogP contribution in [-0.2, 0) is 5.41 Å². The molecule has 0 bridgehead atoms. The molecule has 21 heavy (non-hydrogen) atoms. The molecule has 0 spiro atoms. The molecule has 0 saturated heterocycles. The van der Waals surface area contributed by atoms with E-state index in [1.165, 1.54) is 22.8 Å². The lowest BCUT2D eigenvalue weighted by atomic mass is 9.67. The summed E-state index contributed by atoms with van der Waals surface area (Å²) in [6.45, 7) is 0.909. The van der Waals surface area contributed by atoms with Gasteiger partial charge in [0.1, 0.15) is 0 Å². The molecule has 0 heterocycles. The topological polar surface area (TPSA) is 23.5 Å². The van der Waals surface area contributed by atoms with Crippen LogP contribution in [0.3, 0.4) is 0 Å². The highest BCUT2D eigenvalue weighted by atomic mass is 16.3. The van der Waals surface area contributed by atoms with Crippen LogP contribution in [0.5, 0.6) is 0 Å². The Morgan fingerprint density at radius 2 is 1.86 bits per heavy atom. The van der Waals surface area contributed by atoms with Crippen molar-refractivity contribution in [2.45, 2.75) is 37.2 Å². The van der Waals surface area contributed by atoms with Gasteiger partial charge < -0.3 is 10.0 Å². The molecular formula is C19H25NO. The third kappa shape index (κ3) is 2.70. The molecule has 2 atom stereocenters. The van der Waals surface area contributed by atoms with Crippen LogP contribution in [0.4, 0.5) is 0 Å². The zero-order valence-electron chi connectivity index (χ0n) is 13.0. The molecule has 0 amide bonds. The number of likely N-dealkylation sites (N-methyl/N-ethyl adjacent to an activating group) is 1. The lowest BCUT2D eigenvalue weighted by molar-refractivity contribution is 0.0265. The van der Waals surface area contributed by atoms with Crippen molar-refractivity contribution in [1.82, 2.24) is 4.90 Å². The molecule has 1 N–H and O–H groups in total. The Hall–Kier alpha value is -1.38. The van der Waals surface area contributed by atoms with Crippen LogP contribution in [0.25, 0.3) is 10.8 Å². The summed E-state index contributed by atoms with van der Waals surface area (Å²) < 4.78 is 0. The lowest BCUT2D eigenvalue weighted by Crippen LogP contribution is -2.49. The average Bonchev–Trinajstić information content (AvgIpc) is 2.49. The fraction of sp³-hybridized carbons (Fsp3) is 0.474. The van der Waals surface area contributed by atoms with Gasteiger partial charge >= 0.3 is 0 Å². The van der Waals surface area contributed by atoms with Crippen molar-refractivity contribution in [2.75, 3.05) is 20.6 Å². The molecule has 2 aromatic carbocycles. The molecule has 1 fully saturated rings. The Balaban J connectivity index is 2.09. The molecule has 3 rings (SSSR count). The maximum Gasteiger partial charge on any atom is 0.0649 e. The molecule has 0 aromatic heterocycles. The van der Waals surface area contributed by atoms with Crippen molar-refractivity contribution in [2.24, 2.45) is 0 Å². The predicted octanol–water partition coefficient (Wildman–Crippen LogP) is 3.57. The van der Waals surface area contributed by atoms with E-state index in [2.05, 4.69) is 61.5 Å². The molecule has 1 aliphatic rings. The Morgan fingerprint density at radius 3 is 2.57 bits per heavy atom. The largest absolute Gasteiger partial charge is 0.392 e. The normalized spacial score (nSPS) is 26.4. The van der Waals surface area contributed by atoms with Crippen LogP contribution in [0.15, 0.2) is 42.5 Å². The summed E-state index contributed by atoms with van der Waals surface area (Å²) in [6.07, 6.45) is 4.10. The number of aliphatic hydroxyl groups is 1. The molecule has 2 heteroatoms. The highest BCUT2D eigenvalue weighted by Crippen LogP contribution is 2.41. The summed E-state index contributed by atoms with van der Waals surface area (Å²) in [5, 5.41) is 13.3. The van der Waals surface area contributed by atoms with E-state index >= 15 is 0 Å². The standard InChI is InChI=1S/C19H25NO/c1-20(2)14-19(12-6-5-9-18(19)21)17-11-10-15-7-3-4-8-16(15)13-17/h3-4,7-8,10-11,13,18,21H,5-6,9,12,14H2,1-2H3/t18-,19+/m0/s1. The number of benzene rings is 2. The highest BCUT2D eigenvalue weighted by molar-refractivity contribution is 5.83. The van der Waals surface area contributed by atoms with Gasteiger partial charge in [-0.05, 0) is 43.3 Å². The zero-order valence-corrected chi connectivity index (χ0v) is 13.0. The first-order valence-electron chi connectivity index (χ1n) is 7.94. The van der Waals surface area contributed by atoms with Crippen molar-refractivity contribution in [3.05, 3.63) is 48.0 Å². The van der Waals surface area contributed by atoms with E-state index < -0.39 is 0 Å². The van der Waals surface area contributed by atoms with Gasteiger partial charge in [-0.3, -0.25) is 0 Å². The number of rotatable bonds is 3. The minimum absolute atomic E-state index is 0.119. The van der Waals surface area contributed by atoms with Crippen LogP contribution in [-0.4, -0.2) is 36.8 Å². The molecule has 1 aliphatic carbocycles. The fourth-order valence-electron chi connectivity index (χ4n) is 3.90. The van der Waals surface area contributed by atoms with Crippen molar-refractivity contribution >= 4 is 10.8 Å². The van der Waals surface area contributed by atoms with E-state index in [1.807, 2.05) is 0 Å². The SMILES string of the molecule is CN(C)C[C@@]1(c2ccc3ccccc3c2)CCCC[C@@H]1O. The minimum atomic E-state index is -0.241. The Bertz CT molecular complexity index is 622. The minimum Gasteiger partial charge on any atom is -0.392 e. The monoisotopic (exact) mass is 283 g/mol. The summed E-state index contributed by atoms with van der Waals surface area (Å²) in [4.78, 5) is 2.21. The number of hydrogen-bond acceptors (Lipinski definition) is 2. The lowest BCUT2D eigenvalue weighted by Gasteiger charge is -2.44. The van der Waals surface area contributed by atoms with E-state index in [9.17, 15) is 5.11 Å². The van der Waals surface area contributed by atoms with E-state index in [1.54, 1.807) is 0 Å². The van der Waals surface area contributed by atoms with Gasteiger partial charge in [0.15, 0.2) is 0 Å². The first-order valence-corrected chi connectivity index (χ1v) is 7.94. The van der Waals surface area contributed by atoms with Crippen LogP contribution in [0.1, 0.15) is 31.2 Å². The Kier molecular flexibility index (Phi) is 4.01. The van der Waals surface area contributed by atoms with E-state index in [0.29, 0.717) is 0 Å². The number of nitrogens with zero attached hydrogens (tertiary/aromatic N) is 1. The predicted molar refractivity (Wildman–Crippen MR) is 88.7 cm³/mol. The van der Waals surface area contributed by atoms with Gasteiger partial charge in [-0.15, -0.1) is 0 Å². The molecule has 2 nitrogen and oxygen atoms in total. The summed E-state index contributed by atoms with van der Waals surface area (Å²) in [5.74, 6) is 0. The van der Waals surface area contributed by atoms with Gasteiger partial charge in [-0.1, -0.05) is 55.3 Å². The summed E-state index contributed by atoms with van der Waals surface area (Å²) in [7, 11) is 4.20. The van der Waals surface area contributed by atoms with Gasteiger partial charge in [-0.25, -0.2) is 0 Å². The molecular weight excluding hydrogens is 258 g/mol. The highest BCUT2D eigenvalue weighted by Gasteiger charge is 2.41. The van der Waals surface area contributed by atoms with Crippen molar-refractivity contribution in [1.29, 1.82) is 0 Å². The molecule has 0 aliphatic heterocycles. The third-order valence-corrected chi connectivity index (χ3v) is 4.91. The Morgan fingerprint density at radius 1 is 1.10 bits per heavy atom. The van der Waals surface area contributed by atoms with Gasteiger partial charge in [0.25, 0.3) is 0 Å². The first kappa shape index (κ1) is 14.6. The maximum absolute atomic E-state index is 10.8. The molecule has 0 unspecified atom stereocenters. The molecule has 0 radical (unpaired) electrons. The molecule has 112 valence electrons. The number of fused-ring (bicyclic) bond motifs is 1. The van der Waals surface area contributed by atoms with Crippen LogP contribution in [0.2, 0.25) is 0 Å². The van der Waals surface area contributed by atoms with Gasteiger partial charge in [0.05, 0.1) is 6.10 Å². The first-order chi connectivity index (χ1) is 10.1. The second-order valence-corrected chi connectivity index (χ2v) is 6.72. The zero-order chi connectivity index (χ0) is 14.9. The van der Waals surface area contributed by atoms with Gasteiger partial charge in [0.2, 0.25) is 0 Å². The third-order valence-electron chi connectivity index (χ3n) is 4.91. The fourth-order valence-corrected chi connectivity index (χ4v) is 3.90. The average molecular weight is 283 g/mol. The quantitative estimate of drug-likeness (QED) is 0.931. The molecule has 1 saturated carbocycles. The van der Waals surface area contributed by atoms with Crippen molar-refractivity contribution in [3.8, 4) is 0 Å². The van der Waals surface area contributed by atoms with Crippen molar-refractivity contribution < 1.29 is 5.11 Å². The second-order valence-electron chi connectivity index (χ2n) is 6.72. The van der Waals surface area contributed by atoms with E-state index in [0.717, 1.165) is 25.8 Å². The van der Waals surface area contributed by atoms with Gasteiger partial charge in [-0.2, -0.15) is 0 Å². The number of hydrogen-bond donors (Lipinski definition) is 1. The summed E-state index contributed by atoms with van der Waals surface area (Å²) in [6, 6.07) is 15.2. The molecule has 2 aromatic rings. The Labute approximate surface area is 127 Å². The van der Waals surface area contributed by atoms with E-state index in [4.69, 9.17) is 0 Å². The van der Waals surface area contributed by atoms with Crippen molar-refractivity contribution in [3.63, 3.8) is 0 Å². The van der Waals surface area contributed by atoms with Crippen LogP contribution < -0.4 is 0 Å². The summed E-state index contributed by atoms with van der Waals surface area (Å²) in [5.41, 5.74) is 1.17. The van der Waals surface area contributed by atoms with Crippen LogP contribution in [0, 0.1) is 0 Å². The van der Waals surface area contributed by atoms with E-state index in [-0.39, 0.29) is 11.5 Å². The number of aliphatic hydroxyl groups excluding tert-OH is 1. The van der Waals surface area contributed by atoms with Crippen LogP contribution >= 0.6 is 0 Å². The van der Waals surface area contributed by atoms with Gasteiger partial charge in [0, 0.05) is 12.0 Å². The smallest absolute Gasteiger partial charge is 0.0649 e.